The van der Waals surface area contributed by atoms with Gasteiger partial charge in [0, 0.05) is 16.5 Å². The summed E-state index contributed by atoms with van der Waals surface area (Å²) in [5.74, 6) is 1.64. The van der Waals surface area contributed by atoms with E-state index in [1.807, 2.05) is 42.5 Å². The lowest BCUT2D eigenvalue weighted by Crippen LogP contribution is -2.15. The van der Waals surface area contributed by atoms with Gasteiger partial charge >= 0.3 is 0 Å². The highest BCUT2D eigenvalue weighted by Crippen LogP contribution is 2.24. The van der Waals surface area contributed by atoms with E-state index in [0.29, 0.717) is 24.9 Å². The van der Waals surface area contributed by atoms with Crippen molar-refractivity contribution in [1.29, 1.82) is 0 Å². The van der Waals surface area contributed by atoms with Crippen molar-refractivity contribution < 1.29 is 14.3 Å². The molecule has 0 radical (unpaired) electrons. The molecule has 0 aliphatic carbocycles. The Hall–Kier alpha value is -2.38. The lowest BCUT2D eigenvalue weighted by atomic mass is 10.1. The summed E-state index contributed by atoms with van der Waals surface area (Å²) in [6, 6.07) is 13.3. The zero-order valence-electron chi connectivity index (χ0n) is 16.0. The monoisotopic (exact) mass is 445 g/mol. The molecule has 0 saturated heterocycles. The molecule has 1 heterocycles. The number of aromatic nitrogens is 2. The number of rotatable bonds is 9. The molecule has 1 amide bonds. The number of carbonyl (C=O) groups excluding carboxylic acids is 1. The van der Waals surface area contributed by atoms with E-state index in [1.54, 1.807) is 0 Å². The summed E-state index contributed by atoms with van der Waals surface area (Å²) in [7, 11) is 0. The summed E-state index contributed by atoms with van der Waals surface area (Å²) in [5, 5.41) is 10.8. The fourth-order valence-corrected chi connectivity index (χ4v) is 3.09. The van der Waals surface area contributed by atoms with Crippen LogP contribution in [0.4, 0.5) is 5.82 Å². The van der Waals surface area contributed by atoms with Gasteiger partial charge in [0.05, 0.1) is 18.5 Å². The minimum Gasteiger partial charge on any atom is -0.491 e. The zero-order valence-corrected chi connectivity index (χ0v) is 17.6. The Kier molecular flexibility index (Phi) is 7.06. The van der Waals surface area contributed by atoms with E-state index in [1.165, 1.54) is 0 Å². The van der Waals surface area contributed by atoms with Crippen LogP contribution in [-0.2, 0) is 16.0 Å². The van der Waals surface area contributed by atoms with Gasteiger partial charge in [-0.1, -0.05) is 41.9 Å². The second kappa shape index (κ2) is 9.71. The van der Waals surface area contributed by atoms with E-state index in [0.717, 1.165) is 33.3 Å². The number of benzene rings is 2. The van der Waals surface area contributed by atoms with Gasteiger partial charge in [-0.2, -0.15) is 5.10 Å². The molecule has 0 unspecified atom stereocenters. The highest BCUT2D eigenvalue weighted by molar-refractivity contribution is 9.10. The summed E-state index contributed by atoms with van der Waals surface area (Å²) >= 11 is 3.42. The maximum atomic E-state index is 12.4. The van der Waals surface area contributed by atoms with Crippen molar-refractivity contribution in [3.63, 3.8) is 0 Å². The Morgan fingerprint density at radius 3 is 2.89 bits per heavy atom. The average Bonchev–Trinajstić information content (AvgIpc) is 3.03. The van der Waals surface area contributed by atoms with E-state index in [4.69, 9.17) is 9.47 Å². The molecule has 2 aromatic carbocycles. The predicted octanol–water partition coefficient (Wildman–Crippen LogP) is 4.56. The van der Waals surface area contributed by atoms with Crippen LogP contribution in [0.15, 0.2) is 46.9 Å². The molecule has 0 spiro atoms. The number of nitrogens with zero attached hydrogens (tertiary/aromatic N) is 1. The summed E-state index contributed by atoms with van der Waals surface area (Å²) in [6.07, 6.45) is 0.242. The van der Waals surface area contributed by atoms with Crippen LogP contribution in [0.25, 0.3) is 10.9 Å². The van der Waals surface area contributed by atoms with Gasteiger partial charge in [0.15, 0.2) is 5.82 Å². The highest BCUT2D eigenvalue weighted by Gasteiger charge is 2.11. The second-order valence-corrected chi connectivity index (χ2v) is 7.87. The minimum absolute atomic E-state index is 0.131. The van der Waals surface area contributed by atoms with Gasteiger partial charge in [0.1, 0.15) is 12.4 Å². The number of aromatic amines is 1. The first-order valence-electron chi connectivity index (χ1n) is 9.24. The van der Waals surface area contributed by atoms with Crippen LogP contribution in [-0.4, -0.2) is 35.9 Å². The van der Waals surface area contributed by atoms with E-state index in [9.17, 15) is 4.79 Å². The first kappa shape index (κ1) is 20.4. The molecule has 0 aliphatic heterocycles. The van der Waals surface area contributed by atoms with Crippen LogP contribution in [0.1, 0.15) is 19.4 Å². The number of anilines is 1. The topological polar surface area (TPSA) is 76.2 Å². The van der Waals surface area contributed by atoms with Crippen molar-refractivity contribution in [2.75, 3.05) is 25.1 Å². The Labute approximate surface area is 172 Å². The van der Waals surface area contributed by atoms with Gasteiger partial charge in [0.25, 0.3) is 0 Å². The molecular weight excluding hydrogens is 422 g/mol. The minimum atomic E-state index is -0.131. The van der Waals surface area contributed by atoms with Crippen LogP contribution in [0.2, 0.25) is 0 Å². The molecule has 3 aromatic rings. The van der Waals surface area contributed by atoms with Gasteiger partial charge in [-0.15, -0.1) is 0 Å². The molecule has 3 rings (SSSR count). The number of nitrogens with one attached hydrogen (secondary N) is 2. The number of halogens is 1. The molecule has 0 fully saturated rings. The van der Waals surface area contributed by atoms with Gasteiger partial charge in [-0.25, -0.2) is 0 Å². The molecule has 0 aliphatic rings. The van der Waals surface area contributed by atoms with Crippen molar-refractivity contribution in [1.82, 2.24) is 10.2 Å². The number of fused-ring (bicyclic) bond motifs is 1. The van der Waals surface area contributed by atoms with Gasteiger partial charge in [0.2, 0.25) is 5.91 Å². The fraction of sp³-hybridized carbons (Fsp3) is 0.333. The summed E-state index contributed by atoms with van der Waals surface area (Å²) < 4.78 is 12.2. The predicted molar refractivity (Wildman–Crippen MR) is 114 cm³/mol. The smallest absolute Gasteiger partial charge is 0.230 e. The van der Waals surface area contributed by atoms with E-state index >= 15 is 0 Å². The first-order chi connectivity index (χ1) is 13.5. The van der Waals surface area contributed by atoms with Crippen molar-refractivity contribution in [3.05, 3.63) is 52.5 Å². The number of ether oxygens (including phenoxy) is 2. The number of amides is 1. The summed E-state index contributed by atoms with van der Waals surface area (Å²) in [6.45, 7) is 5.98. The van der Waals surface area contributed by atoms with Gasteiger partial charge in [-0.3, -0.25) is 9.89 Å². The maximum absolute atomic E-state index is 12.4. The van der Waals surface area contributed by atoms with Crippen molar-refractivity contribution >= 4 is 38.6 Å². The third kappa shape index (κ3) is 5.81. The third-order valence-electron chi connectivity index (χ3n) is 3.99. The molecule has 28 heavy (non-hydrogen) atoms. The van der Waals surface area contributed by atoms with Crippen molar-refractivity contribution in [3.8, 4) is 5.75 Å². The third-order valence-corrected chi connectivity index (χ3v) is 4.49. The van der Waals surface area contributed by atoms with Gasteiger partial charge in [-0.05, 0) is 41.8 Å². The Bertz CT molecular complexity index is 940. The Balaban J connectivity index is 1.53. The molecule has 1 aromatic heterocycles. The van der Waals surface area contributed by atoms with Crippen LogP contribution in [0.3, 0.4) is 0 Å². The summed E-state index contributed by atoms with van der Waals surface area (Å²) in [4.78, 5) is 12.4. The van der Waals surface area contributed by atoms with Crippen LogP contribution in [0, 0.1) is 5.92 Å². The second-order valence-electron chi connectivity index (χ2n) is 6.95. The normalized spacial score (nSPS) is 11.1. The molecule has 2 N–H and O–H groups in total. The van der Waals surface area contributed by atoms with E-state index in [-0.39, 0.29) is 12.3 Å². The first-order valence-corrected chi connectivity index (χ1v) is 10.0. The standard InChI is InChI=1S/C21H24BrN3O3/c1-14(2)13-27-8-9-28-17-5-3-4-15(10-17)11-20(26)23-21-18-7-6-16(22)12-19(18)24-25-21/h3-7,10,12,14H,8-9,11,13H2,1-2H3,(H2,23,24,25,26). The average molecular weight is 446 g/mol. The maximum Gasteiger partial charge on any atom is 0.230 e. The number of hydrogen-bond donors (Lipinski definition) is 2. The van der Waals surface area contributed by atoms with Crippen LogP contribution in [0.5, 0.6) is 5.75 Å². The quantitative estimate of drug-likeness (QED) is 0.473. The largest absolute Gasteiger partial charge is 0.491 e. The number of carbonyl (C=O) groups is 1. The molecule has 148 valence electrons. The van der Waals surface area contributed by atoms with Crippen LogP contribution >= 0.6 is 15.9 Å². The number of H-pyrrole nitrogens is 1. The Morgan fingerprint density at radius 2 is 2.07 bits per heavy atom. The fourth-order valence-electron chi connectivity index (χ4n) is 2.73. The van der Waals surface area contributed by atoms with E-state index < -0.39 is 0 Å². The molecule has 6 nitrogen and oxygen atoms in total. The zero-order chi connectivity index (χ0) is 19.9. The summed E-state index contributed by atoms with van der Waals surface area (Å²) in [5.41, 5.74) is 1.74. The Morgan fingerprint density at radius 1 is 1.21 bits per heavy atom. The van der Waals surface area contributed by atoms with Crippen molar-refractivity contribution in [2.24, 2.45) is 5.92 Å². The molecule has 7 heteroatoms. The lowest BCUT2D eigenvalue weighted by molar-refractivity contribution is -0.115. The van der Waals surface area contributed by atoms with E-state index in [2.05, 4.69) is 45.3 Å². The molecule has 0 atom stereocenters. The highest BCUT2D eigenvalue weighted by atomic mass is 79.9. The van der Waals surface area contributed by atoms with Crippen molar-refractivity contribution in [2.45, 2.75) is 20.3 Å². The van der Waals surface area contributed by atoms with Crippen LogP contribution < -0.4 is 10.1 Å². The molecule has 0 saturated carbocycles. The SMILES string of the molecule is CC(C)COCCOc1cccc(CC(=O)Nc2n[nH]c3cc(Br)ccc23)c1. The molecule has 0 bridgehead atoms. The molecular formula is C21H24BrN3O3. The van der Waals surface area contributed by atoms with Gasteiger partial charge < -0.3 is 14.8 Å². The lowest BCUT2D eigenvalue weighted by Gasteiger charge is -2.10. The number of hydrogen-bond acceptors (Lipinski definition) is 4.